The highest BCUT2D eigenvalue weighted by molar-refractivity contribution is 6.04. The zero-order valence-corrected chi connectivity index (χ0v) is 17.1. The molecule has 0 heterocycles. The van der Waals surface area contributed by atoms with E-state index in [1.54, 1.807) is 31.2 Å². The van der Waals surface area contributed by atoms with Crippen molar-refractivity contribution in [2.24, 2.45) is 0 Å². The average Bonchev–Trinajstić information content (AvgIpc) is 2.69. The third kappa shape index (κ3) is 6.12. The number of carbonyl (C=O) groups excluding carboxylic acids is 2. The third-order valence-electron chi connectivity index (χ3n) is 4.61. The Bertz CT molecular complexity index is 799. The fraction of sp³-hybridized carbons (Fsp3) is 0.391. The van der Waals surface area contributed by atoms with Crippen molar-refractivity contribution < 1.29 is 19.1 Å². The van der Waals surface area contributed by atoms with Gasteiger partial charge in [0, 0.05) is 11.3 Å². The predicted octanol–water partition coefficient (Wildman–Crippen LogP) is 5.06. The quantitative estimate of drug-likeness (QED) is 0.486. The molecule has 0 fully saturated rings. The van der Waals surface area contributed by atoms with E-state index in [1.807, 2.05) is 32.0 Å². The molecule has 0 aliphatic heterocycles. The van der Waals surface area contributed by atoms with Crippen LogP contribution in [-0.2, 0) is 9.53 Å². The molecule has 0 radical (unpaired) electrons. The van der Waals surface area contributed by atoms with E-state index in [4.69, 9.17) is 9.47 Å². The molecule has 0 saturated heterocycles. The highest BCUT2D eigenvalue weighted by Crippen LogP contribution is 2.20. The molecule has 1 N–H and O–H groups in total. The highest BCUT2D eigenvalue weighted by Gasteiger charge is 2.16. The smallest absolute Gasteiger partial charge is 0.347 e. The van der Waals surface area contributed by atoms with Gasteiger partial charge in [-0.25, -0.2) is 4.79 Å². The molecule has 28 heavy (non-hydrogen) atoms. The zero-order valence-electron chi connectivity index (χ0n) is 17.1. The first-order chi connectivity index (χ1) is 13.4. The molecule has 0 saturated carbocycles. The number of nitrogens with one attached hydrogen (secondary N) is 1. The van der Waals surface area contributed by atoms with Gasteiger partial charge in [0.05, 0.1) is 6.61 Å². The Kier molecular flexibility index (Phi) is 8.05. The summed E-state index contributed by atoms with van der Waals surface area (Å²) < 4.78 is 10.8. The molecule has 0 bridgehead atoms. The second-order valence-electron chi connectivity index (χ2n) is 6.86. The van der Waals surface area contributed by atoms with E-state index < -0.39 is 6.10 Å². The maximum Gasteiger partial charge on any atom is 0.347 e. The molecule has 5 heteroatoms. The lowest BCUT2D eigenvalue weighted by molar-refractivity contribution is -0.151. The lowest BCUT2D eigenvalue weighted by Crippen LogP contribution is -2.26. The monoisotopic (exact) mass is 383 g/mol. The minimum atomic E-state index is -0.698. The summed E-state index contributed by atoms with van der Waals surface area (Å²) in [5.41, 5.74) is 3.48. The topological polar surface area (TPSA) is 64.6 Å². The van der Waals surface area contributed by atoms with Crippen molar-refractivity contribution in [3.63, 3.8) is 0 Å². The van der Waals surface area contributed by atoms with Crippen molar-refractivity contribution >= 4 is 17.6 Å². The van der Waals surface area contributed by atoms with Crippen LogP contribution in [0.4, 0.5) is 5.69 Å². The van der Waals surface area contributed by atoms with Crippen LogP contribution in [0.5, 0.6) is 5.75 Å². The van der Waals surface area contributed by atoms with Gasteiger partial charge in [-0.2, -0.15) is 0 Å². The lowest BCUT2D eigenvalue weighted by atomic mass is 10.1. The molecule has 0 spiro atoms. The lowest BCUT2D eigenvalue weighted by Gasteiger charge is -2.14. The molecule has 150 valence electrons. The fourth-order valence-corrected chi connectivity index (χ4v) is 2.66. The molecule has 1 amide bonds. The number of anilines is 1. The van der Waals surface area contributed by atoms with Crippen LogP contribution in [0.1, 0.15) is 54.6 Å². The molecular weight excluding hydrogens is 354 g/mol. The Balaban J connectivity index is 1.91. The van der Waals surface area contributed by atoms with E-state index in [-0.39, 0.29) is 11.9 Å². The van der Waals surface area contributed by atoms with Crippen molar-refractivity contribution in [3.05, 3.63) is 59.2 Å². The summed E-state index contributed by atoms with van der Waals surface area (Å²) in [5.74, 6) is -0.0576. The highest BCUT2D eigenvalue weighted by atomic mass is 16.6. The van der Waals surface area contributed by atoms with Gasteiger partial charge in [-0.1, -0.05) is 31.9 Å². The van der Waals surface area contributed by atoms with Crippen LogP contribution in [0, 0.1) is 13.8 Å². The van der Waals surface area contributed by atoms with Crippen LogP contribution in [0.2, 0.25) is 0 Å². The summed E-state index contributed by atoms with van der Waals surface area (Å²) in [6.45, 7) is 8.15. The van der Waals surface area contributed by atoms with Crippen LogP contribution < -0.4 is 10.1 Å². The molecule has 2 aromatic rings. The number of hydrogen-bond acceptors (Lipinski definition) is 4. The summed E-state index contributed by atoms with van der Waals surface area (Å²) in [4.78, 5) is 24.4. The number of carbonyl (C=O) groups is 2. The number of rotatable bonds is 9. The van der Waals surface area contributed by atoms with Gasteiger partial charge in [0.25, 0.3) is 5.91 Å². The number of hydrogen-bond donors (Lipinski definition) is 1. The number of aryl methyl sites for hydroxylation is 1. The van der Waals surface area contributed by atoms with Gasteiger partial charge >= 0.3 is 5.97 Å². The second kappa shape index (κ2) is 10.5. The maximum absolute atomic E-state index is 12.5. The van der Waals surface area contributed by atoms with Gasteiger partial charge in [-0.05, 0) is 68.7 Å². The second-order valence-corrected chi connectivity index (χ2v) is 6.86. The Labute approximate surface area is 167 Å². The van der Waals surface area contributed by atoms with Crippen LogP contribution in [0.25, 0.3) is 0 Å². The summed E-state index contributed by atoms with van der Waals surface area (Å²) in [5, 5.41) is 2.93. The summed E-state index contributed by atoms with van der Waals surface area (Å²) >= 11 is 0. The molecule has 5 nitrogen and oxygen atoms in total. The predicted molar refractivity (Wildman–Crippen MR) is 111 cm³/mol. The van der Waals surface area contributed by atoms with E-state index in [1.165, 1.54) is 0 Å². The van der Waals surface area contributed by atoms with E-state index >= 15 is 0 Å². The van der Waals surface area contributed by atoms with Crippen molar-refractivity contribution in [1.29, 1.82) is 0 Å². The molecule has 0 aliphatic rings. The molecule has 1 atom stereocenters. The van der Waals surface area contributed by atoms with Crippen molar-refractivity contribution in [3.8, 4) is 5.75 Å². The van der Waals surface area contributed by atoms with E-state index in [0.717, 1.165) is 36.1 Å². The summed E-state index contributed by atoms with van der Waals surface area (Å²) in [7, 11) is 0. The van der Waals surface area contributed by atoms with Crippen LogP contribution in [0.3, 0.4) is 0 Å². The third-order valence-corrected chi connectivity index (χ3v) is 4.61. The van der Waals surface area contributed by atoms with Crippen LogP contribution in [-0.4, -0.2) is 24.6 Å². The number of esters is 1. The van der Waals surface area contributed by atoms with Gasteiger partial charge < -0.3 is 14.8 Å². The Morgan fingerprint density at radius 1 is 1.04 bits per heavy atom. The molecular formula is C23H29NO4. The molecule has 0 aliphatic carbocycles. The zero-order chi connectivity index (χ0) is 20.5. The van der Waals surface area contributed by atoms with Crippen molar-refractivity contribution in [1.82, 2.24) is 0 Å². The minimum Gasteiger partial charge on any atom is -0.479 e. The molecule has 2 aromatic carbocycles. The number of amides is 1. The molecule has 2 rings (SSSR count). The van der Waals surface area contributed by atoms with Gasteiger partial charge in [-0.3, -0.25) is 4.79 Å². The van der Waals surface area contributed by atoms with E-state index in [2.05, 4.69) is 12.2 Å². The molecule has 1 unspecified atom stereocenters. The Hall–Kier alpha value is -2.82. The van der Waals surface area contributed by atoms with Gasteiger partial charge in [0.2, 0.25) is 0 Å². The number of ether oxygens (including phenoxy) is 2. The maximum atomic E-state index is 12.5. The number of benzene rings is 2. The number of unbranched alkanes of at least 4 members (excludes halogenated alkanes) is 2. The SMILES string of the molecule is CCCCCOC(=O)C(C)Oc1ccc(C(=O)Nc2cccc(C)c2C)cc1. The van der Waals surface area contributed by atoms with Gasteiger partial charge in [0.1, 0.15) is 5.75 Å². The van der Waals surface area contributed by atoms with Crippen molar-refractivity contribution in [2.75, 3.05) is 11.9 Å². The summed E-state index contributed by atoms with van der Waals surface area (Å²) in [6, 6.07) is 12.5. The fourth-order valence-electron chi connectivity index (χ4n) is 2.66. The van der Waals surface area contributed by atoms with E-state index in [9.17, 15) is 9.59 Å². The average molecular weight is 383 g/mol. The van der Waals surface area contributed by atoms with Gasteiger partial charge in [-0.15, -0.1) is 0 Å². The first-order valence-corrected chi connectivity index (χ1v) is 9.73. The Morgan fingerprint density at radius 3 is 2.43 bits per heavy atom. The first-order valence-electron chi connectivity index (χ1n) is 9.73. The first kappa shape index (κ1) is 21.5. The van der Waals surface area contributed by atoms with Crippen LogP contribution in [0.15, 0.2) is 42.5 Å². The minimum absolute atomic E-state index is 0.191. The molecule has 0 aromatic heterocycles. The van der Waals surface area contributed by atoms with Crippen molar-refractivity contribution in [2.45, 2.75) is 53.1 Å². The normalized spacial score (nSPS) is 11.6. The standard InChI is InChI=1S/C23H29NO4/c1-5-6-7-15-27-23(26)18(4)28-20-13-11-19(12-14-20)22(25)24-21-10-8-9-16(2)17(21)3/h8-14,18H,5-7,15H2,1-4H3,(H,24,25). The van der Waals surface area contributed by atoms with Gasteiger partial charge in [0.15, 0.2) is 6.10 Å². The van der Waals surface area contributed by atoms with Crippen LogP contribution >= 0.6 is 0 Å². The Morgan fingerprint density at radius 2 is 1.75 bits per heavy atom. The van der Waals surface area contributed by atoms with E-state index in [0.29, 0.717) is 17.9 Å². The largest absolute Gasteiger partial charge is 0.479 e. The summed E-state index contributed by atoms with van der Waals surface area (Å²) in [6.07, 6.45) is 2.27.